The lowest BCUT2D eigenvalue weighted by molar-refractivity contribution is -0.215. The summed E-state index contributed by atoms with van der Waals surface area (Å²) in [4.78, 5) is 27.7. The molecule has 37 heavy (non-hydrogen) atoms. The van der Waals surface area contributed by atoms with Crippen LogP contribution in [0.25, 0.3) is 10.9 Å². The molecule has 9 nitrogen and oxygen atoms in total. The number of aromatic amines is 1. The zero-order chi connectivity index (χ0) is 27.0. The summed E-state index contributed by atoms with van der Waals surface area (Å²) in [6.07, 6.45) is -4.76. The van der Waals surface area contributed by atoms with Crippen LogP contribution < -0.4 is 10.9 Å². The third-order valence-corrected chi connectivity index (χ3v) is 5.91. The van der Waals surface area contributed by atoms with Crippen molar-refractivity contribution in [1.82, 2.24) is 14.8 Å². The maximum absolute atomic E-state index is 13.2. The Bertz CT molecular complexity index is 1300. The number of methoxy groups -OCH3 is 1. The van der Waals surface area contributed by atoms with Gasteiger partial charge in [0.05, 0.1) is 18.2 Å². The number of alkyl halides is 3. The van der Waals surface area contributed by atoms with E-state index in [0.717, 1.165) is 7.11 Å². The van der Waals surface area contributed by atoms with Crippen LogP contribution >= 0.6 is 0 Å². The highest BCUT2D eigenvalue weighted by Gasteiger charge is 2.41. The maximum atomic E-state index is 13.2. The number of H-pyrrole nitrogens is 1. The summed E-state index contributed by atoms with van der Waals surface area (Å²) >= 11 is 0. The predicted octanol–water partition coefficient (Wildman–Crippen LogP) is 4.78. The van der Waals surface area contributed by atoms with E-state index in [2.05, 4.69) is 20.1 Å². The number of aromatic nitrogens is 3. The van der Waals surface area contributed by atoms with Crippen molar-refractivity contribution in [2.45, 2.75) is 63.6 Å². The zero-order valence-corrected chi connectivity index (χ0v) is 20.9. The third kappa shape index (κ3) is 5.96. The number of nitrogens with one attached hydrogen (secondary N) is 2. The number of benzene rings is 1. The van der Waals surface area contributed by atoms with Crippen LogP contribution in [-0.4, -0.2) is 52.3 Å². The number of esters is 1. The van der Waals surface area contributed by atoms with E-state index in [-0.39, 0.29) is 29.6 Å². The summed E-state index contributed by atoms with van der Waals surface area (Å²) in [7, 11) is 1.00. The largest absolute Gasteiger partial charge is 0.458 e. The second-order valence-electron chi connectivity index (χ2n) is 9.85. The number of ether oxygens (including phenoxy) is 3. The number of pyridine rings is 1. The molecule has 1 saturated heterocycles. The molecule has 1 aliphatic rings. The molecular weight excluding hydrogens is 493 g/mol. The highest BCUT2D eigenvalue weighted by Crippen LogP contribution is 2.36. The van der Waals surface area contributed by atoms with Gasteiger partial charge in [-0.2, -0.15) is 18.3 Å². The molecule has 2 aromatic heterocycles. The van der Waals surface area contributed by atoms with Gasteiger partial charge in [-0.05, 0) is 57.4 Å². The van der Waals surface area contributed by atoms with Gasteiger partial charge in [0.1, 0.15) is 11.0 Å². The average Bonchev–Trinajstić information content (AvgIpc) is 3.18. The number of rotatable bonds is 6. The first-order valence-corrected chi connectivity index (χ1v) is 11.8. The molecule has 3 unspecified atom stereocenters. The lowest BCUT2D eigenvalue weighted by Gasteiger charge is -2.30. The number of fused-ring (bicyclic) bond motifs is 1. The fourth-order valence-corrected chi connectivity index (χ4v) is 4.29. The molecule has 3 aromatic rings. The minimum atomic E-state index is -4.55. The zero-order valence-electron chi connectivity index (χ0n) is 20.9. The van der Waals surface area contributed by atoms with E-state index in [1.807, 2.05) is 0 Å². The van der Waals surface area contributed by atoms with E-state index in [4.69, 9.17) is 9.47 Å². The van der Waals surface area contributed by atoms with Gasteiger partial charge in [-0.3, -0.25) is 9.48 Å². The van der Waals surface area contributed by atoms with E-state index in [9.17, 15) is 22.8 Å². The van der Waals surface area contributed by atoms with Gasteiger partial charge in [0, 0.05) is 19.0 Å². The molecule has 0 bridgehead atoms. The topological polar surface area (TPSA) is 107 Å². The normalized spacial score (nSPS) is 19.5. The van der Waals surface area contributed by atoms with Crippen molar-refractivity contribution in [1.29, 1.82) is 0 Å². The lowest BCUT2D eigenvalue weighted by atomic mass is 10.0. The van der Waals surface area contributed by atoms with Crippen LogP contribution in [0.4, 0.5) is 24.7 Å². The van der Waals surface area contributed by atoms with E-state index in [1.165, 1.54) is 30.5 Å². The standard InChI is InChI=1S/C25H29F3N4O5/c1-24(2,3)37-23(34)18-10-9-16(13-36-18)32-17-11-12-29-22(33)19(17)21(31-32)30-15-7-5-14(6-8-15)20(35-4)25(26,27)28/h5-8,11-12,16,18,20H,9-10,13H2,1-4H3,(H,29,33)(H,30,31). The molecule has 0 radical (unpaired) electrons. The van der Waals surface area contributed by atoms with Crippen molar-refractivity contribution >= 4 is 28.4 Å². The van der Waals surface area contributed by atoms with Crippen molar-refractivity contribution in [3.63, 3.8) is 0 Å². The molecule has 3 atom stereocenters. The summed E-state index contributed by atoms with van der Waals surface area (Å²) in [6.45, 7) is 5.56. The quantitative estimate of drug-likeness (QED) is 0.449. The Balaban J connectivity index is 1.56. The van der Waals surface area contributed by atoms with Crippen LogP contribution in [0.2, 0.25) is 0 Å². The first-order valence-electron chi connectivity index (χ1n) is 11.8. The molecule has 1 fully saturated rings. The number of anilines is 2. The van der Waals surface area contributed by atoms with Gasteiger partial charge >= 0.3 is 12.1 Å². The molecule has 0 spiro atoms. The Morgan fingerprint density at radius 1 is 1.19 bits per heavy atom. The fourth-order valence-electron chi connectivity index (χ4n) is 4.29. The number of carbonyl (C=O) groups is 1. The SMILES string of the molecule is COC(c1ccc(Nc2nn(C3CCC(C(=O)OC(C)(C)C)OC3)c3cc[nH]c(=O)c23)cc1)C(F)(F)F. The fraction of sp³-hybridized carbons (Fsp3) is 0.480. The molecule has 0 amide bonds. The van der Waals surface area contributed by atoms with E-state index in [1.54, 1.807) is 31.5 Å². The van der Waals surface area contributed by atoms with Gasteiger partial charge in [-0.25, -0.2) is 4.79 Å². The molecule has 1 aliphatic heterocycles. The van der Waals surface area contributed by atoms with Gasteiger partial charge in [-0.15, -0.1) is 0 Å². The van der Waals surface area contributed by atoms with Crippen molar-refractivity contribution in [3.8, 4) is 0 Å². The van der Waals surface area contributed by atoms with E-state index >= 15 is 0 Å². The van der Waals surface area contributed by atoms with Crippen LogP contribution in [0.3, 0.4) is 0 Å². The monoisotopic (exact) mass is 522 g/mol. The number of hydrogen-bond acceptors (Lipinski definition) is 7. The van der Waals surface area contributed by atoms with E-state index in [0.29, 0.717) is 29.4 Å². The predicted molar refractivity (Wildman–Crippen MR) is 130 cm³/mol. The van der Waals surface area contributed by atoms with Crippen LogP contribution in [0.15, 0.2) is 41.3 Å². The van der Waals surface area contributed by atoms with Crippen molar-refractivity contribution in [2.75, 3.05) is 19.0 Å². The van der Waals surface area contributed by atoms with Gasteiger partial charge in [-0.1, -0.05) is 12.1 Å². The highest BCUT2D eigenvalue weighted by molar-refractivity contribution is 5.91. The van der Waals surface area contributed by atoms with Gasteiger partial charge in [0.25, 0.3) is 5.56 Å². The van der Waals surface area contributed by atoms with Crippen molar-refractivity contribution < 1.29 is 32.2 Å². The first-order chi connectivity index (χ1) is 17.4. The van der Waals surface area contributed by atoms with Crippen LogP contribution in [-0.2, 0) is 19.0 Å². The van der Waals surface area contributed by atoms with E-state index < -0.39 is 30.0 Å². The van der Waals surface area contributed by atoms with Crippen LogP contribution in [0.1, 0.15) is 51.3 Å². The van der Waals surface area contributed by atoms with Crippen LogP contribution in [0.5, 0.6) is 0 Å². The highest BCUT2D eigenvalue weighted by atomic mass is 19.4. The van der Waals surface area contributed by atoms with Crippen molar-refractivity contribution in [2.24, 2.45) is 0 Å². The molecule has 0 saturated carbocycles. The summed E-state index contributed by atoms with van der Waals surface area (Å²) in [5.74, 6) is -0.169. The lowest BCUT2D eigenvalue weighted by Crippen LogP contribution is -2.38. The maximum Gasteiger partial charge on any atom is 0.418 e. The minimum absolute atomic E-state index is 0.0484. The number of hydrogen-bond donors (Lipinski definition) is 2. The second kappa shape index (κ2) is 10.2. The Morgan fingerprint density at radius 2 is 1.89 bits per heavy atom. The Kier molecular flexibility index (Phi) is 7.33. The van der Waals surface area contributed by atoms with Gasteiger partial charge in [0.15, 0.2) is 18.0 Å². The Labute approximate surface area is 210 Å². The minimum Gasteiger partial charge on any atom is -0.458 e. The molecule has 1 aromatic carbocycles. The summed E-state index contributed by atoms with van der Waals surface area (Å²) in [5.41, 5.74) is -0.0356. The smallest absolute Gasteiger partial charge is 0.418 e. The van der Waals surface area contributed by atoms with Crippen molar-refractivity contribution in [3.05, 3.63) is 52.4 Å². The number of halogens is 3. The number of nitrogens with zero attached hydrogens (tertiary/aromatic N) is 2. The average molecular weight is 523 g/mol. The summed E-state index contributed by atoms with van der Waals surface area (Å²) < 4.78 is 57.0. The Morgan fingerprint density at radius 3 is 2.46 bits per heavy atom. The summed E-state index contributed by atoms with van der Waals surface area (Å²) in [5, 5.41) is 7.93. The first kappa shape index (κ1) is 26.7. The Hall–Kier alpha value is -3.38. The second-order valence-corrected chi connectivity index (χ2v) is 9.85. The van der Waals surface area contributed by atoms with Gasteiger partial charge in [0.2, 0.25) is 0 Å². The molecule has 4 rings (SSSR count). The molecular formula is C25H29F3N4O5. The molecule has 12 heteroatoms. The number of carbonyl (C=O) groups excluding carboxylic acids is 1. The third-order valence-electron chi connectivity index (χ3n) is 5.91. The van der Waals surface area contributed by atoms with Gasteiger partial charge < -0.3 is 24.5 Å². The molecule has 2 N–H and O–H groups in total. The molecule has 200 valence electrons. The molecule has 3 heterocycles. The van der Waals surface area contributed by atoms with Crippen LogP contribution in [0, 0.1) is 0 Å². The summed E-state index contributed by atoms with van der Waals surface area (Å²) in [6, 6.07) is 7.01. The molecule has 0 aliphatic carbocycles.